The Kier molecular flexibility index (Phi) is 4.56. The average Bonchev–Trinajstić information content (AvgIpc) is 2.87. The molecule has 26 heavy (non-hydrogen) atoms. The van der Waals surface area contributed by atoms with Crippen molar-refractivity contribution in [3.05, 3.63) is 24.4 Å². The van der Waals surface area contributed by atoms with Crippen LogP contribution in [0, 0.1) is 0 Å². The molecule has 2 atom stereocenters. The standard InChI is InChI=1S/C17H18N2O7/c1-9(20)26-14(17(23)24)13-16(22)19(5-6-25-13)11-4-3-10-8-18(2)15(21)12(10)7-11/h3-4,7-8,13-14,21H,5-6H2,1-2H3,(H,23,24)/t13-,14-/m1/s1. The lowest BCUT2D eigenvalue weighted by molar-refractivity contribution is -0.177. The zero-order valence-electron chi connectivity index (χ0n) is 14.2. The Morgan fingerprint density at radius 2 is 2.12 bits per heavy atom. The van der Waals surface area contributed by atoms with Crippen molar-refractivity contribution in [3.8, 4) is 5.88 Å². The first-order chi connectivity index (χ1) is 12.3. The maximum atomic E-state index is 12.8. The number of benzene rings is 1. The van der Waals surface area contributed by atoms with Gasteiger partial charge in [0.05, 0.1) is 6.61 Å². The van der Waals surface area contributed by atoms with Crippen LogP contribution in [-0.2, 0) is 30.9 Å². The molecule has 9 heteroatoms. The molecule has 2 N–H and O–H groups in total. The number of esters is 1. The average molecular weight is 362 g/mol. The predicted molar refractivity (Wildman–Crippen MR) is 89.9 cm³/mol. The summed E-state index contributed by atoms with van der Waals surface area (Å²) in [5.74, 6) is -2.85. The van der Waals surface area contributed by atoms with Gasteiger partial charge in [-0.05, 0) is 12.1 Å². The van der Waals surface area contributed by atoms with E-state index in [9.17, 15) is 24.6 Å². The van der Waals surface area contributed by atoms with E-state index in [-0.39, 0.29) is 19.0 Å². The molecule has 1 aromatic carbocycles. The molecule has 2 heterocycles. The van der Waals surface area contributed by atoms with E-state index in [1.165, 1.54) is 4.90 Å². The Balaban J connectivity index is 1.93. The van der Waals surface area contributed by atoms with Crippen molar-refractivity contribution in [2.75, 3.05) is 18.1 Å². The number of aromatic nitrogens is 1. The van der Waals surface area contributed by atoms with Gasteiger partial charge >= 0.3 is 11.9 Å². The number of amides is 1. The predicted octanol–water partition coefficient (Wildman–Crippen LogP) is 0.632. The highest BCUT2D eigenvalue weighted by Crippen LogP contribution is 2.31. The van der Waals surface area contributed by atoms with Gasteiger partial charge in [0.1, 0.15) is 0 Å². The summed E-state index contributed by atoms with van der Waals surface area (Å²) in [4.78, 5) is 36.6. The van der Waals surface area contributed by atoms with Crippen molar-refractivity contribution in [1.82, 2.24) is 4.57 Å². The number of rotatable bonds is 4. The van der Waals surface area contributed by atoms with Crippen LogP contribution in [0.5, 0.6) is 5.88 Å². The monoisotopic (exact) mass is 362 g/mol. The van der Waals surface area contributed by atoms with Gasteiger partial charge in [-0.25, -0.2) is 4.79 Å². The second-order valence-corrected chi connectivity index (χ2v) is 5.98. The summed E-state index contributed by atoms with van der Waals surface area (Å²) in [7, 11) is 1.70. The van der Waals surface area contributed by atoms with Crippen LogP contribution in [0.15, 0.2) is 24.4 Å². The number of aryl methyl sites for hydroxylation is 1. The Labute approximate surface area is 148 Å². The van der Waals surface area contributed by atoms with Gasteiger partial charge in [0.25, 0.3) is 5.91 Å². The number of aromatic hydroxyl groups is 1. The molecule has 1 amide bonds. The van der Waals surface area contributed by atoms with Gasteiger partial charge in [0, 0.05) is 43.2 Å². The van der Waals surface area contributed by atoms with Crippen LogP contribution >= 0.6 is 0 Å². The van der Waals surface area contributed by atoms with Gasteiger partial charge in [0.2, 0.25) is 6.10 Å². The minimum absolute atomic E-state index is 0.0578. The highest BCUT2D eigenvalue weighted by atomic mass is 16.6. The van der Waals surface area contributed by atoms with Crippen LogP contribution in [0.25, 0.3) is 10.8 Å². The number of carboxylic acids is 1. The number of anilines is 1. The molecular formula is C17H18N2O7. The van der Waals surface area contributed by atoms with Crippen molar-refractivity contribution < 1.29 is 34.1 Å². The summed E-state index contributed by atoms with van der Waals surface area (Å²) in [5.41, 5.74) is 0.490. The number of hydrogen-bond acceptors (Lipinski definition) is 6. The summed E-state index contributed by atoms with van der Waals surface area (Å²) in [6.07, 6.45) is -1.42. The number of ether oxygens (including phenoxy) is 2. The molecule has 1 aliphatic rings. The fourth-order valence-corrected chi connectivity index (χ4v) is 2.98. The molecule has 0 aliphatic carbocycles. The number of carbonyl (C=O) groups excluding carboxylic acids is 2. The molecular weight excluding hydrogens is 344 g/mol. The van der Waals surface area contributed by atoms with Crippen molar-refractivity contribution in [3.63, 3.8) is 0 Å². The highest BCUT2D eigenvalue weighted by Gasteiger charge is 2.42. The fourth-order valence-electron chi connectivity index (χ4n) is 2.98. The van der Waals surface area contributed by atoms with Crippen molar-refractivity contribution in [1.29, 1.82) is 0 Å². The lowest BCUT2D eigenvalue weighted by Crippen LogP contribution is -2.55. The maximum Gasteiger partial charge on any atom is 0.348 e. The summed E-state index contributed by atoms with van der Waals surface area (Å²) in [6, 6.07) is 5.10. The van der Waals surface area contributed by atoms with Gasteiger partial charge in [0.15, 0.2) is 12.0 Å². The molecule has 0 bridgehead atoms. The number of hydrogen-bond donors (Lipinski definition) is 2. The summed E-state index contributed by atoms with van der Waals surface area (Å²) < 4.78 is 11.6. The van der Waals surface area contributed by atoms with Crippen molar-refractivity contribution in [2.45, 2.75) is 19.1 Å². The molecule has 3 rings (SSSR count). The van der Waals surface area contributed by atoms with Crippen molar-refractivity contribution in [2.24, 2.45) is 7.05 Å². The van der Waals surface area contributed by atoms with Crippen LogP contribution in [0.1, 0.15) is 6.92 Å². The van der Waals surface area contributed by atoms with Gasteiger partial charge in [-0.2, -0.15) is 0 Å². The van der Waals surface area contributed by atoms with Gasteiger partial charge in [-0.3, -0.25) is 9.59 Å². The largest absolute Gasteiger partial charge is 0.494 e. The first-order valence-electron chi connectivity index (χ1n) is 7.90. The molecule has 0 spiro atoms. The molecule has 1 aliphatic heterocycles. The van der Waals surface area contributed by atoms with Crippen LogP contribution < -0.4 is 4.90 Å². The van der Waals surface area contributed by atoms with Crippen molar-refractivity contribution >= 4 is 34.3 Å². The van der Waals surface area contributed by atoms with Gasteiger partial charge < -0.3 is 29.2 Å². The smallest absolute Gasteiger partial charge is 0.348 e. The fraction of sp³-hybridized carbons (Fsp3) is 0.353. The van der Waals surface area contributed by atoms with Gasteiger partial charge in [-0.1, -0.05) is 6.07 Å². The molecule has 0 radical (unpaired) electrons. The number of aliphatic carboxylic acids is 1. The van der Waals surface area contributed by atoms with E-state index in [0.29, 0.717) is 11.1 Å². The van der Waals surface area contributed by atoms with E-state index < -0.39 is 30.1 Å². The number of fused-ring (bicyclic) bond motifs is 1. The van der Waals surface area contributed by atoms with Crippen LogP contribution in [-0.4, -0.2) is 58.0 Å². The SMILES string of the molecule is CC(=O)O[C@@H](C(=O)O)[C@H]1OCCN(c2ccc3cn(C)c(O)c3c2)C1=O. The number of carbonyl (C=O) groups is 3. The van der Waals surface area contributed by atoms with E-state index in [1.807, 2.05) is 0 Å². The quantitative estimate of drug-likeness (QED) is 0.766. The molecule has 1 saturated heterocycles. The molecule has 1 aromatic heterocycles. The topological polar surface area (TPSA) is 118 Å². The Morgan fingerprint density at radius 3 is 2.77 bits per heavy atom. The molecule has 0 saturated carbocycles. The molecule has 2 aromatic rings. The van der Waals surface area contributed by atoms with Crippen LogP contribution in [0.3, 0.4) is 0 Å². The van der Waals surface area contributed by atoms with E-state index in [1.54, 1.807) is 36.0 Å². The van der Waals surface area contributed by atoms with Crippen LogP contribution in [0.2, 0.25) is 0 Å². The first-order valence-corrected chi connectivity index (χ1v) is 7.90. The Hall–Kier alpha value is -3.07. The molecule has 138 valence electrons. The third-order valence-corrected chi connectivity index (χ3v) is 4.19. The third-order valence-electron chi connectivity index (χ3n) is 4.19. The second kappa shape index (κ2) is 6.68. The minimum atomic E-state index is -1.73. The summed E-state index contributed by atoms with van der Waals surface area (Å²) in [6.45, 7) is 1.36. The Morgan fingerprint density at radius 1 is 1.38 bits per heavy atom. The second-order valence-electron chi connectivity index (χ2n) is 5.98. The van der Waals surface area contributed by atoms with E-state index in [4.69, 9.17) is 9.47 Å². The molecule has 9 nitrogen and oxygen atoms in total. The number of carboxylic acid groups (broad SMARTS) is 1. The lowest BCUT2D eigenvalue weighted by Gasteiger charge is -2.34. The summed E-state index contributed by atoms with van der Waals surface area (Å²) >= 11 is 0. The Bertz CT molecular complexity index is 889. The zero-order chi connectivity index (χ0) is 19.0. The van der Waals surface area contributed by atoms with Gasteiger partial charge in [-0.15, -0.1) is 0 Å². The number of nitrogens with zero attached hydrogens (tertiary/aromatic N) is 2. The first kappa shape index (κ1) is 17.7. The lowest BCUT2D eigenvalue weighted by atomic mass is 10.1. The number of morpholine rings is 1. The molecule has 0 unspecified atom stereocenters. The normalized spacial score (nSPS) is 18.8. The van der Waals surface area contributed by atoms with Crippen LogP contribution in [0.4, 0.5) is 5.69 Å². The third kappa shape index (κ3) is 3.08. The maximum absolute atomic E-state index is 12.8. The van der Waals surface area contributed by atoms with E-state index in [2.05, 4.69) is 0 Å². The van der Waals surface area contributed by atoms with E-state index in [0.717, 1.165) is 12.3 Å². The summed E-state index contributed by atoms with van der Waals surface area (Å²) in [5, 5.41) is 20.7. The molecule has 1 fully saturated rings. The van der Waals surface area contributed by atoms with E-state index >= 15 is 0 Å². The zero-order valence-corrected chi connectivity index (χ0v) is 14.2. The highest BCUT2D eigenvalue weighted by molar-refractivity contribution is 6.02. The minimum Gasteiger partial charge on any atom is -0.494 e.